The third kappa shape index (κ3) is 5.67. The second kappa shape index (κ2) is 5.54. The van der Waals surface area contributed by atoms with Crippen molar-refractivity contribution in [1.82, 2.24) is 0 Å². The highest BCUT2D eigenvalue weighted by Crippen LogP contribution is 1.93. The molecule has 0 rings (SSSR count). The summed E-state index contributed by atoms with van der Waals surface area (Å²) >= 11 is 0. The largest absolute Gasteiger partial charge is 0.535 e. The molecule has 70 valence electrons. The molecule has 0 aromatic carbocycles. The van der Waals surface area contributed by atoms with Gasteiger partial charge in [0.15, 0.2) is 0 Å². The van der Waals surface area contributed by atoms with Crippen LogP contribution in [-0.4, -0.2) is 24.5 Å². The maximum absolute atomic E-state index is 10.7. The van der Waals surface area contributed by atoms with E-state index in [9.17, 15) is 4.79 Å². The van der Waals surface area contributed by atoms with Crippen LogP contribution in [0.3, 0.4) is 0 Å². The maximum Gasteiger partial charge on any atom is 0.535 e. The molecule has 0 amide bonds. The van der Waals surface area contributed by atoms with Crippen molar-refractivity contribution in [3.63, 3.8) is 0 Å². The highest BCUT2D eigenvalue weighted by Gasteiger charge is 2.05. The molecule has 0 aliphatic carbocycles. The van der Waals surface area contributed by atoms with Crippen LogP contribution < -0.4 is 5.73 Å². The van der Waals surface area contributed by atoms with Gasteiger partial charge in [0.05, 0.1) is 11.8 Å². The Morgan fingerprint density at radius 1 is 1.58 bits per heavy atom. The monoisotopic (exact) mass is 174 g/mol. The van der Waals surface area contributed by atoms with Gasteiger partial charge in [0.1, 0.15) is 0 Å². The summed E-state index contributed by atoms with van der Waals surface area (Å²) in [6, 6.07) is 0. The molecule has 0 aliphatic rings. The first kappa shape index (κ1) is 10.9. The average molecular weight is 174 g/mol. The van der Waals surface area contributed by atoms with Crippen molar-refractivity contribution in [1.29, 1.82) is 0 Å². The van der Waals surface area contributed by atoms with Crippen molar-refractivity contribution < 1.29 is 14.4 Å². The summed E-state index contributed by atoms with van der Waals surface area (Å²) < 4.78 is 4.64. The van der Waals surface area contributed by atoms with Crippen LogP contribution in [0.4, 0.5) is 4.79 Å². The Balaban J connectivity index is 3.71. The van der Waals surface area contributed by atoms with Crippen molar-refractivity contribution in [2.75, 3.05) is 6.54 Å². The molecule has 0 atom stereocenters. The minimum Gasteiger partial charge on any atom is -0.430 e. The Labute approximate surface area is 71.5 Å². The van der Waals surface area contributed by atoms with E-state index in [0.29, 0.717) is 5.71 Å². The smallest absolute Gasteiger partial charge is 0.430 e. The SMILES string of the molecule is CC(CN)=NOC(=O)OC(C)C. The lowest BCUT2D eigenvalue weighted by molar-refractivity contribution is 0.0361. The van der Waals surface area contributed by atoms with Crippen LogP contribution in [0.25, 0.3) is 0 Å². The third-order valence-corrected chi connectivity index (χ3v) is 0.903. The fourth-order valence-electron chi connectivity index (χ4n) is 0.366. The first-order chi connectivity index (χ1) is 5.56. The summed E-state index contributed by atoms with van der Waals surface area (Å²) in [4.78, 5) is 15.0. The van der Waals surface area contributed by atoms with Crippen LogP contribution in [0.15, 0.2) is 5.16 Å². The highest BCUT2D eigenvalue weighted by molar-refractivity contribution is 5.83. The van der Waals surface area contributed by atoms with E-state index in [1.165, 1.54) is 0 Å². The number of rotatable bonds is 3. The fourth-order valence-corrected chi connectivity index (χ4v) is 0.366. The van der Waals surface area contributed by atoms with Crippen molar-refractivity contribution in [3.8, 4) is 0 Å². The Morgan fingerprint density at radius 2 is 2.17 bits per heavy atom. The van der Waals surface area contributed by atoms with E-state index in [4.69, 9.17) is 5.73 Å². The normalized spacial score (nSPS) is 11.6. The van der Waals surface area contributed by atoms with Gasteiger partial charge in [-0.05, 0) is 20.8 Å². The van der Waals surface area contributed by atoms with Crippen LogP contribution in [0.2, 0.25) is 0 Å². The molecular weight excluding hydrogens is 160 g/mol. The molecule has 0 saturated heterocycles. The Morgan fingerprint density at radius 3 is 2.58 bits per heavy atom. The zero-order valence-electron chi connectivity index (χ0n) is 7.53. The molecule has 0 aromatic rings. The van der Waals surface area contributed by atoms with E-state index in [1.54, 1.807) is 20.8 Å². The quantitative estimate of drug-likeness (QED) is 0.298. The van der Waals surface area contributed by atoms with Gasteiger partial charge in [-0.3, -0.25) is 4.84 Å². The van der Waals surface area contributed by atoms with E-state index >= 15 is 0 Å². The first-order valence-corrected chi connectivity index (χ1v) is 3.67. The molecule has 0 unspecified atom stereocenters. The van der Waals surface area contributed by atoms with Crippen molar-refractivity contribution in [2.24, 2.45) is 10.9 Å². The number of nitrogens with zero attached hydrogens (tertiary/aromatic N) is 1. The molecule has 2 N–H and O–H groups in total. The number of hydrogen-bond donors (Lipinski definition) is 1. The topological polar surface area (TPSA) is 73.9 Å². The first-order valence-electron chi connectivity index (χ1n) is 3.67. The summed E-state index contributed by atoms with van der Waals surface area (Å²) in [6.45, 7) is 5.36. The molecule has 0 aliphatic heterocycles. The van der Waals surface area contributed by atoms with Gasteiger partial charge in [0, 0.05) is 6.54 Å². The summed E-state index contributed by atoms with van der Waals surface area (Å²) in [5.74, 6) is 0. The van der Waals surface area contributed by atoms with Gasteiger partial charge in [-0.2, -0.15) is 0 Å². The number of nitrogens with two attached hydrogens (primary N) is 1. The lowest BCUT2D eigenvalue weighted by atomic mass is 10.4. The Hall–Kier alpha value is -1.10. The second-order valence-corrected chi connectivity index (χ2v) is 2.54. The van der Waals surface area contributed by atoms with Gasteiger partial charge in [-0.25, -0.2) is 4.79 Å². The van der Waals surface area contributed by atoms with E-state index in [0.717, 1.165) is 0 Å². The summed E-state index contributed by atoms with van der Waals surface area (Å²) in [7, 11) is 0. The molecule has 0 saturated carbocycles. The summed E-state index contributed by atoms with van der Waals surface area (Å²) in [6.07, 6.45) is -1.01. The number of carbonyl (C=O) groups excluding carboxylic acids is 1. The zero-order valence-corrected chi connectivity index (χ0v) is 7.53. The summed E-state index contributed by atoms with van der Waals surface area (Å²) in [5.41, 5.74) is 5.73. The Kier molecular flexibility index (Phi) is 5.03. The van der Waals surface area contributed by atoms with Crippen molar-refractivity contribution >= 4 is 11.9 Å². The fraction of sp³-hybridized carbons (Fsp3) is 0.714. The summed E-state index contributed by atoms with van der Waals surface area (Å²) in [5, 5.41) is 3.41. The molecule has 5 nitrogen and oxygen atoms in total. The van der Waals surface area contributed by atoms with Gasteiger partial charge < -0.3 is 10.5 Å². The maximum atomic E-state index is 10.7. The lowest BCUT2D eigenvalue weighted by Gasteiger charge is -2.04. The van der Waals surface area contributed by atoms with Crippen LogP contribution in [0.5, 0.6) is 0 Å². The second-order valence-electron chi connectivity index (χ2n) is 2.54. The predicted molar refractivity (Wildman–Crippen MR) is 44.9 cm³/mol. The number of oxime groups is 1. The van der Waals surface area contributed by atoms with Crippen molar-refractivity contribution in [3.05, 3.63) is 0 Å². The van der Waals surface area contributed by atoms with Crippen LogP contribution in [0, 0.1) is 0 Å². The number of hydrogen-bond acceptors (Lipinski definition) is 5. The van der Waals surface area contributed by atoms with Crippen LogP contribution in [-0.2, 0) is 9.57 Å². The van der Waals surface area contributed by atoms with E-state index in [2.05, 4.69) is 14.7 Å². The molecule has 12 heavy (non-hydrogen) atoms. The molecule has 0 aromatic heterocycles. The highest BCUT2D eigenvalue weighted by atomic mass is 16.8. The molecule has 5 heteroatoms. The van der Waals surface area contributed by atoms with Crippen LogP contribution in [0.1, 0.15) is 20.8 Å². The molecule has 0 spiro atoms. The average Bonchev–Trinajstić information content (AvgIpc) is 1.99. The van der Waals surface area contributed by atoms with Crippen LogP contribution >= 0.6 is 0 Å². The predicted octanol–water partition coefficient (Wildman–Crippen LogP) is 0.883. The van der Waals surface area contributed by atoms with Crippen molar-refractivity contribution in [2.45, 2.75) is 26.9 Å². The third-order valence-electron chi connectivity index (χ3n) is 0.903. The molecule has 0 radical (unpaired) electrons. The molecule has 0 heterocycles. The zero-order chi connectivity index (χ0) is 9.56. The molecule has 0 fully saturated rings. The van der Waals surface area contributed by atoms with E-state index < -0.39 is 6.16 Å². The number of carbonyl (C=O) groups is 1. The van der Waals surface area contributed by atoms with Gasteiger partial charge in [0.2, 0.25) is 0 Å². The van der Waals surface area contributed by atoms with Gasteiger partial charge >= 0.3 is 6.16 Å². The molecular formula is C7H14N2O3. The minimum atomic E-state index is -0.808. The Bertz CT molecular complexity index is 177. The minimum absolute atomic E-state index is 0.203. The van der Waals surface area contributed by atoms with E-state index in [1.807, 2.05) is 0 Å². The lowest BCUT2D eigenvalue weighted by Crippen LogP contribution is -2.14. The molecule has 0 bridgehead atoms. The van der Waals surface area contributed by atoms with Gasteiger partial charge in [-0.1, -0.05) is 5.16 Å². The van der Waals surface area contributed by atoms with E-state index in [-0.39, 0.29) is 12.6 Å². The number of ether oxygens (including phenoxy) is 1. The standard InChI is InChI=1S/C7H14N2O3/c1-5(2)11-7(10)12-9-6(3)4-8/h5H,4,8H2,1-3H3. The van der Waals surface area contributed by atoms with Gasteiger partial charge in [-0.15, -0.1) is 0 Å². The van der Waals surface area contributed by atoms with Gasteiger partial charge in [0.25, 0.3) is 0 Å².